The van der Waals surface area contributed by atoms with Gasteiger partial charge < -0.3 is 41.5 Å². The zero-order valence-corrected chi connectivity index (χ0v) is 13.7. The van der Waals surface area contributed by atoms with E-state index in [1.165, 1.54) is 0 Å². The van der Waals surface area contributed by atoms with E-state index in [-0.39, 0.29) is 13.1 Å². The molecule has 0 aromatic carbocycles. The maximum absolute atomic E-state index is 10.6. The first-order valence-electron chi connectivity index (χ1n) is 6.96. The molecule has 14 heteroatoms. The molecule has 9 N–H and O–H groups in total. The summed E-state index contributed by atoms with van der Waals surface area (Å²) in [7, 11) is 0. The van der Waals surface area contributed by atoms with E-state index >= 15 is 0 Å². The second-order valence-corrected chi connectivity index (χ2v) is 4.97. The van der Waals surface area contributed by atoms with Gasteiger partial charge in [-0.05, 0) is 0 Å². The van der Waals surface area contributed by atoms with Crippen molar-refractivity contribution in [2.45, 2.75) is 5.97 Å². The van der Waals surface area contributed by atoms with Gasteiger partial charge in [-0.25, -0.2) is 0 Å². The van der Waals surface area contributed by atoms with Crippen LogP contribution in [0.3, 0.4) is 0 Å². The van der Waals surface area contributed by atoms with Crippen LogP contribution in [0, 0.1) is 0 Å². The molecule has 0 rings (SSSR count). The van der Waals surface area contributed by atoms with Crippen molar-refractivity contribution < 1.29 is 54.9 Å². The molecule has 0 aliphatic carbocycles. The number of carboxylic acid groups (broad SMARTS) is 4. The Kier molecular flexibility index (Phi) is 12.9. The van der Waals surface area contributed by atoms with Gasteiger partial charge in [0.15, 0.2) is 0 Å². The van der Waals surface area contributed by atoms with Crippen LogP contribution in [-0.2, 0) is 19.2 Å². The lowest BCUT2D eigenvalue weighted by molar-refractivity contribution is -0.302. The second kappa shape index (κ2) is 12.9. The number of hydrogen-bond acceptors (Lipinski definition) is 10. The maximum atomic E-state index is 10.6. The number of hydrogen-bond donors (Lipinski definition) is 8. The molecule has 0 atom stereocenters. The van der Waals surface area contributed by atoms with Crippen molar-refractivity contribution in [1.82, 2.24) is 9.80 Å². The number of nitrogens with zero attached hydrogens (tertiary/aromatic N) is 2. The third-order valence-electron chi connectivity index (χ3n) is 2.44. The van der Waals surface area contributed by atoms with Gasteiger partial charge in [0.25, 0.3) is 5.97 Å². The van der Waals surface area contributed by atoms with E-state index in [4.69, 9.17) is 35.7 Å². The number of carbonyl (C=O) groups is 4. The first kappa shape index (κ1) is 25.9. The molecule has 0 fully saturated rings. The molecule has 26 heavy (non-hydrogen) atoms. The maximum Gasteiger partial charge on any atom is 0.317 e. The van der Waals surface area contributed by atoms with Gasteiger partial charge in [0, 0.05) is 13.1 Å². The van der Waals surface area contributed by atoms with Crippen LogP contribution in [0.4, 0.5) is 0 Å². The number of aliphatic carboxylic acids is 4. The zero-order valence-electron chi connectivity index (χ0n) is 13.7. The minimum atomic E-state index is -2.68. The Morgan fingerprint density at radius 2 is 0.846 bits per heavy atom. The van der Waals surface area contributed by atoms with Crippen molar-refractivity contribution >= 4 is 23.9 Å². The molecule has 0 aliphatic rings. The number of nitrogens with two attached hydrogens (primary N) is 1. The summed E-state index contributed by atoms with van der Waals surface area (Å²) in [5.41, 5.74) is 4.56. The van der Waals surface area contributed by atoms with Gasteiger partial charge >= 0.3 is 23.9 Å². The monoisotopic (exact) mass is 385 g/mol. The Bertz CT molecular complexity index is 410. The van der Waals surface area contributed by atoms with Gasteiger partial charge in [-0.3, -0.25) is 29.0 Å². The predicted octanol–water partition coefficient (Wildman–Crippen LogP) is -4.50. The minimum absolute atomic E-state index is 0.0703. The summed E-state index contributed by atoms with van der Waals surface area (Å²) in [6.45, 7) is -2.81. The molecule has 0 saturated carbocycles. The molecule has 0 radical (unpaired) electrons. The Balaban J connectivity index is 0. The smallest absolute Gasteiger partial charge is 0.317 e. The topological polar surface area (TPSA) is 242 Å². The van der Waals surface area contributed by atoms with E-state index in [2.05, 4.69) is 5.73 Å². The van der Waals surface area contributed by atoms with Crippen molar-refractivity contribution in [1.29, 1.82) is 0 Å². The van der Waals surface area contributed by atoms with E-state index in [0.717, 1.165) is 9.80 Å². The highest BCUT2D eigenvalue weighted by molar-refractivity contribution is 5.73. The predicted molar refractivity (Wildman–Crippen MR) is 81.9 cm³/mol. The van der Waals surface area contributed by atoms with Gasteiger partial charge in [-0.1, -0.05) is 0 Å². The lowest BCUT2D eigenvalue weighted by atomic mass is 10.4. The summed E-state index contributed by atoms with van der Waals surface area (Å²) in [4.78, 5) is 44.4. The summed E-state index contributed by atoms with van der Waals surface area (Å²) in [5, 5.41) is 57.9. The normalized spacial score (nSPS) is 11.0. The Morgan fingerprint density at radius 3 is 0.962 bits per heavy atom. The molecule has 0 amide bonds. The highest BCUT2D eigenvalue weighted by Gasteiger charge is 2.18. The summed E-state index contributed by atoms with van der Waals surface area (Å²) >= 11 is 0. The molecule has 0 aliphatic heterocycles. The van der Waals surface area contributed by atoms with E-state index in [0.29, 0.717) is 0 Å². The zero-order chi connectivity index (χ0) is 20.9. The fourth-order valence-electron chi connectivity index (χ4n) is 1.48. The van der Waals surface area contributed by atoms with Crippen LogP contribution in [0.5, 0.6) is 0 Å². The van der Waals surface area contributed by atoms with Gasteiger partial charge in [-0.2, -0.15) is 0 Å². The molecule has 152 valence electrons. The van der Waals surface area contributed by atoms with E-state index in [9.17, 15) is 19.2 Å². The number of rotatable bonds is 12. The van der Waals surface area contributed by atoms with Crippen molar-refractivity contribution in [2.75, 3.05) is 45.8 Å². The Hall–Kier alpha value is -2.36. The average molecular weight is 385 g/mol. The third-order valence-corrected chi connectivity index (χ3v) is 2.44. The van der Waals surface area contributed by atoms with Crippen LogP contribution >= 0.6 is 0 Å². The standard InChI is InChI=1S/C10H16N2O8.C2H7NO3/c13-7(14)3-11(4-8(15)16)1-2-12(5-9(17)18)6-10(19)20;3-1-2(4,5)6/h1-6H2,(H,13,14)(H,15,16)(H,17,18)(H,19,20);4-6H,1,3H2. The lowest BCUT2D eigenvalue weighted by Crippen LogP contribution is -2.43. The number of aliphatic hydroxyl groups is 3. The van der Waals surface area contributed by atoms with Crippen LogP contribution in [0.15, 0.2) is 0 Å². The second-order valence-electron chi connectivity index (χ2n) is 4.97. The van der Waals surface area contributed by atoms with Crippen LogP contribution in [0.25, 0.3) is 0 Å². The van der Waals surface area contributed by atoms with Crippen molar-refractivity contribution in [2.24, 2.45) is 5.73 Å². The summed E-state index contributed by atoms with van der Waals surface area (Å²) in [6, 6.07) is 0. The van der Waals surface area contributed by atoms with Gasteiger partial charge in [-0.15, -0.1) is 0 Å². The van der Waals surface area contributed by atoms with Crippen molar-refractivity contribution in [3.8, 4) is 0 Å². The van der Waals surface area contributed by atoms with Crippen LogP contribution < -0.4 is 5.73 Å². The van der Waals surface area contributed by atoms with Crippen LogP contribution in [-0.4, -0.2) is 121 Å². The lowest BCUT2D eigenvalue weighted by Gasteiger charge is -2.23. The SMILES string of the molecule is NCC(O)(O)O.O=C(O)CN(CCN(CC(=O)O)CC(=O)O)CC(=O)O. The molecule has 14 nitrogen and oxygen atoms in total. The largest absolute Gasteiger partial charge is 0.480 e. The molecule has 0 heterocycles. The first-order valence-corrected chi connectivity index (χ1v) is 6.96. The minimum Gasteiger partial charge on any atom is -0.480 e. The third kappa shape index (κ3) is 19.7. The summed E-state index contributed by atoms with van der Waals surface area (Å²) < 4.78 is 0. The Labute approximate surface area is 147 Å². The van der Waals surface area contributed by atoms with Gasteiger partial charge in [0.05, 0.1) is 32.7 Å². The molecule has 0 spiro atoms. The fraction of sp³-hybridized carbons (Fsp3) is 0.667. The van der Waals surface area contributed by atoms with E-state index < -0.39 is 62.6 Å². The van der Waals surface area contributed by atoms with Crippen LogP contribution in [0.1, 0.15) is 0 Å². The van der Waals surface area contributed by atoms with Crippen LogP contribution in [0.2, 0.25) is 0 Å². The number of carboxylic acids is 4. The van der Waals surface area contributed by atoms with Crippen molar-refractivity contribution in [3.05, 3.63) is 0 Å². The van der Waals surface area contributed by atoms with Gasteiger partial charge in [0.1, 0.15) is 0 Å². The highest BCUT2D eigenvalue weighted by atomic mass is 16.7. The summed E-state index contributed by atoms with van der Waals surface area (Å²) in [6.07, 6.45) is 0. The Morgan fingerprint density at radius 1 is 0.654 bits per heavy atom. The quantitative estimate of drug-likeness (QED) is 0.148. The van der Waals surface area contributed by atoms with Crippen molar-refractivity contribution in [3.63, 3.8) is 0 Å². The van der Waals surface area contributed by atoms with E-state index in [1.807, 2.05) is 0 Å². The molecule has 0 aromatic rings. The molecule has 0 saturated heterocycles. The highest BCUT2D eigenvalue weighted by Crippen LogP contribution is 1.94. The fourth-order valence-corrected chi connectivity index (χ4v) is 1.48. The molecule has 0 aromatic heterocycles. The first-order chi connectivity index (χ1) is 11.8. The summed E-state index contributed by atoms with van der Waals surface area (Å²) in [5.74, 6) is -7.59. The molecule has 0 bridgehead atoms. The molecule has 0 unspecified atom stereocenters. The molecular formula is C12H23N3O11. The van der Waals surface area contributed by atoms with Gasteiger partial charge in [0.2, 0.25) is 0 Å². The van der Waals surface area contributed by atoms with E-state index in [1.54, 1.807) is 0 Å². The average Bonchev–Trinajstić information content (AvgIpc) is 2.42. The molecular weight excluding hydrogens is 362 g/mol.